The first-order valence-electron chi connectivity index (χ1n) is 6.79. The van der Waals surface area contributed by atoms with Crippen molar-refractivity contribution in [3.63, 3.8) is 0 Å². The summed E-state index contributed by atoms with van der Waals surface area (Å²) < 4.78 is 29.8. The van der Waals surface area contributed by atoms with Crippen molar-refractivity contribution in [1.82, 2.24) is 5.32 Å². The number of halogens is 1. The van der Waals surface area contributed by atoms with Crippen LogP contribution in [0.5, 0.6) is 5.75 Å². The van der Waals surface area contributed by atoms with Crippen LogP contribution in [-0.4, -0.2) is 46.1 Å². The molecule has 1 saturated heterocycles. The Morgan fingerprint density at radius 3 is 2.80 bits per heavy atom. The van der Waals surface area contributed by atoms with Crippen molar-refractivity contribution in [2.45, 2.75) is 25.0 Å². The van der Waals surface area contributed by atoms with Crippen LogP contribution in [0, 0.1) is 5.82 Å². The van der Waals surface area contributed by atoms with Crippen LogP contribution in [0.1, 0.15) is 12.8 Å². The van der Waals surface area contributed by atoms with Gasteiger partial charge in [-0.15, -0.1) is 0 Å². The van der Waals surface area contributed by atoms with E-state index >= 15 is 0 Å². The Hall–Kier alpha value is -0.980. The van der Waals surface area contributed by atoms with Crippen molar-refractivity contribution < 1.29 is 18.4 Å². The Morgan fingerprint density at radius 1 is 1.40 bits per heavy atom. The van der Waals surface area contributed by atoms with Crippen molar-refractivity contribution in [2.75, 3.05) is 24.7 Å². The van der Waals surface area contributed by atoms with E-state index in [0.29, 0.717) is 12.6 Å². The first-order chi connectivity index (χ1) is 9.65. The third kappa shape index (κ3) is 4.85. The smallest absolute Gasteiger partial charge is 0.165 e. The van der Waals surface area contributed by atoms with Gasteiger partial charge in [-0.3, -0.25) is 4.21 Å². The minimum atomic E-state index is -0.693. The molecule has 6 heteroatoms. The largest absolute Gasteiger partial charge is 0.488 e. The molecule has 4 nitrogen and oxygen atoms in total. The van der Waals surface area contributed by atoms with Gasteiger partial charge in [0.05, 0.1) is 0 Å². The van der Waals surface area contributed by atoms with Gasteiger partial charge in [-0.2, -0.15) is 0 Å². The number of para-hydroxylation sites is 1. The first-order valence-corrected chi connectivity index (χ1v) is 8.27. The number of rotatable bonds is 6. The second-order valence-electron chi connectivity index (χ2n) is 4.93. The molecule has 1 aromatic rings. The molecule has 0 aliphatic carbocycles. The molecule has 2 N–H and O–H groups in total. The van der Waals surface area contributed by atoms with Gasteiger partial charge in [0.15, 0.2) is 11.6 Å². The number of hydrogen-bond donors (Lipinski definition) is 2. The van der Waals surface area contributed by atoms with E-state index in [1.807, 2.05) is 0 Å². The average molecular weight is 301 g/mol. The molecule has 1 aromatic carbocycles. The van der Waals surface area contributed by atoms with E-state index in [4.69, 9.17) is 4.74 Å². The van der Waals surface area contributed by atoms with Gasteiger partial charge < -0.3 is 15.2 Å². The number of ether oxygens (including phenoxy) is 1. The number of aliphatic hydroxyl groups excluding tert-OH is 1. The molecule has 0 aromatic heterocycles. The predicted octanol–water partition coefficient (Wildman–Crippen LogP) is 1.07. The van der Waals surface area contributed by atoms with Crippen molar-refractivity contribution in [3.8, 4) is 5.75 Å². The summed E-state index contributed by atoms with van der Waals surface area (Å²) in [6.45, 7) is 0.443. The van der Waals surface area contributed by atoms with Crippen molar-refractivity contribution in [1.29, 1.82) is 0 Å². The van der Waals surface area contributed by atoms with Crippen LogP contribution in [0.15, 0.2) is 24.3 Å². The zero-order valence-electron chi connectivity index (χ0n) is 11.3. The summed E-state index contributed by atoms with van der Waals surface area (Å²) in [5, 5.41) is 13.0. The van der Waals surface area contributed by atoms with Gasteiger partial charge in [0.25, 0.3) is 0 Å². The minimum absolute atomic E-state index is 0.0482. The lowest BCUT2D eigenvalue weighted by Crippen LogP contribution is -2.41. The van der Waals surface area contributed by atoms with Gasteiger partial charge in [0, 0.05) is 34.9 Å². The lowest BCUT2D eigenvalue weighted by Gasteiger charge is -2.24. The number of nitrogens with one attached hydrogen (secondary N) is 1. The third-order valence-corrected chi connectivity index (χ3v) is 4.68. The zero-order valence-corrected chi connectivity index (χ0v) is 12.1. The van der Waals surface area contributed by atoms with Crippen LogP contribution >= 0.6 is 0 Å². The van der Waals surface area contributed by atoms with Gasteiger partial charge in [-0.25, -0.2) is 4.39 Å². The summed E-state index contributed by atoms with van der Waals surface area (Å²) in [5.41, 5.74) is 0. The van der Waals surface area contributed by atoms with Gasteiger partial charge in [-0.05, 0) is 25.0 Å². The molecule has 1 aliphatic rings. The summed E-state index contributed by atoms with van der Waals surface area (Å²) >= 11 is 0. The van der Waals surface area contributed by atoms with Crippen molar-refractivity contribution in [2.24, 2.45) is 0 Å². The van der Waals surface area contributed by atoms with Crippen LogP contribution in [-0.2, 0) is 10.8 Å². The fourth-order valence-electron chi connectivity index (χ4n) is 2.11. The second-order valence-corrected chi connectivity index (χ2v) is 6.62. The monoisotopic (exact) mass is 301 g/mol. The molecule has 0 bridgehead atoms. The highest BCUT2D eigenvalue weighted by atomic mass is 32.2. The molecule has 112 valence electrons. The molecule has 0 amide bonds. The molecule has 2 rings (SSSR count). The Labute approximate surface area is 120 Å². The van der Waals surface area contributed by atoms with E-state index < -0.39 is 22.7 Å². The summed E-state index contributed by atoms with van der Waals surface area (Å²) in [6.07, 6.45) is 1.04. The summed E-state index contributed by atoms with van der Waals surface area (Å²) in [5.74, 6) is 1.17. The Morgan fingerprint density at radius 2 is 2.10 bits per heavy atom. The van der Waals surface area contributed by atoms with E-state index in [-0.39, 0.29) is 12.4 Å². The predicted molar refractivity (Wildman–Crippen MR) is 76.8 cm³/mol. The van der Waals surface area contributed by atoms with Gasteiger partial charge in [-0.1, -0.05) is 12.1 Å². The Balaban J connectivity index is 1.67. The van der Waals surface area contributed by atoms with Crippen molar-refractivity contribution in [3.05, 3.63) is 30.1 Å². The normalized spacial score (nSPS) is 24.3. The quantitative estimate of drug-likeness (QED) is 0.825. The second kappa shape index (κ2) is 7.71. The highest BCUT2D eigenvalue weighted by Gasteiger charge is 2.18. The van der Waals surface area contributed by atoms with E-state index in [9.17, 15) is 13.7 Å². The molecule has 1 heterocycles. The number of aliphatic hydroxyl groups is 1. The summed E-state index contributed by atoms with van der Waals surface area (Å²) in [4.78, 5) is 0. The molecule has 20 heavy (non-hydrogen) atoms. The molecule has 0 radical (unpaired) electrons. The van der Waals surface area contributed by atoms with Crippen LogP contribution in [0.2, 0.25) is 0 Å². The highest BCUT2D eigenvalue weighted by Crippen LogP contribution is 2.15. The lowest BCUT2D eigenvalue weighted by molar-refractivity contribution is 0.101. The molecule has 1 aliphatic heterocycles. The fourth-order valence-corrected chi connectivity index (χ4v) is 3.41. The maximum absolute atomic E-state index is 13.3. The topological polar surface area (TPSA) is 58.6 Å². The minimum Gasteiger partial charge on any atom is -0.488 e. The number of hydrogen-bond acceptors (Lipinski definition) is 4. The SMILES string of the molecule is O=S1CCC(NCC(O)COc2ccccc2F)CC1. The molecule has 1 atom stereocenters. The summed E-state index contributed by atoms with van der Waals surface area (Å²) in [6, 6.07) is 6.43. The van der Waals surface area contributed by atoms with Gasteiger partial charge in [0.1, 0.15) is 12.7 Å². The molecule has 1 fully saturated rings. The highest BCUT2D eigenvalue weighted by molar-refractivity contribution is 7.85. The molecule has 0 saturated carbocycles. The van der Waals surface area contributed by atoms with Crippen LogP contribution < -0.4 is 10.1 Å². The molecule has 1 unspecified atom stereocenters. The molecule has 0 spiro atoms. The number of benzene rings is 1. The van der Waals surface area contributed by atoms with Crippen LogP contribution in [0.25, 0.3) is 0 Å². The fraction of sp³-hybridized carbons (Fsp3) is 0.571. The maximum Gasteiger partial charge on any atom is 0.165 e. The lowest BCUT2D eigenvalue weighted by atomic mass is 10.1. The first kappa shape index (κ1) is 15.4. The van der Waals surface area contributed by atoms with Gasteiger partial charge in [0.2, 0.25) is 0 Å². The molecular formula is C14H20FNO3S. The maximum atomic E-state index is 13.3. The van der Waals surface area contributed by atoms with Gasteiger partial charge >= 0.3 is 0 Å². The Bertz CT molecular complexity index is 448. The average Bonchev–Trinajstić information content (AvgIpc) is 2.46. The zero-order chi connectivity index (χ0) is 14.4. The van der Waals surface area contributed by atoms with E-state index in [1.165, 1.54) is 12.1 Å². The van der Waals surface area contributed by atoms with Crippen LogP contribution in [0.4, 0.5) is 4.39 Å². The standard InChI is InChI=1S/C14H20FNO3S/c15-13-3-1-2-4-14(13)19-10-12(17)9-16-11-5-7-20(18)8-6-11/h1-4,11-12,16-17H,5-10H2. The Kier molecular flexibility index (Phi) is 5.94. The van der Waals surface area contributed by atoms with E-state index in [2.05, 4.69) is 5.32 Å². The third-order valence-electron chi connectivity index (χ3n) is 3.30. The van der Waals surface area contributed by atoms with Crippen LogP contribution in [0.3, 0.4) is 0 Å². The molecular weight excluding hydrogens is 281 g/mol. The summed E-state index contributed by atoms with van der Waals surface area (Å²) in [7, 11) is -0.675. The van der Waals surface area contributed by atoms with E-state index in [0.717, 1.165) is 24.3 Å². The van der Waals surface area contributed by atoms with Crippen molar-refractivity contribution >= 4 is 10.8 Å². The van der Waals surface area contributed by atoms with E-state index in [1.54, 1.807) is 12.1 Å².